The van der Waals surface area contributed by atoms with E-state index in [9.17, 15) is 0 Å². The Labute approximate surface area is 76.0 Å². The Morgan fingerprint density at radius 3 is 3.17 bits per heavy atom. The van der Waals surface area contributed by atoms with Gasteiger partial charge in [-0.05, 0) is 11.6 Å². The third-order valence-electron chi connectivity index (χ3n) is 1.91. The highest BCUT2D eigenvalue weighted by Gasteiger charge is 2.14. The van der Waals surface area contributed by atoms with Crippen LogP contribution >= 0.6 is 11.8 Å². The number of rotatable bonds is 1. The minimum atomic E-state index is 0.564. The molecule has 0 spiro atoms. The molecule has 0 saturated carbocycles. The maximum atomic E-state index is 3.87. The van der Waals surface area contributed by atoms with Crippen molar-refractivity contribution >= 4 is 11.8 Å². The smallest absolute Gasteiger partial charge is 0.0539 e. The molecule has 2 rings (SSSR count). The number of nitrogens with one attached hydrogen (secondary N) is 1. The highest BCUT2D eigenvalue weighted by molar-refractivity contribution is 7.99. The van der Waals surface area contributed by atoms with Crippen molar-refractivity contribution in [2.45, 2.75) is 5.25 Å². The number of hydrogen-bond acceptors (Lipinski definition) is 4. The van der Waals surface area contributed by atoms with Crippen molar-refractivity contribution in [2.75, 3.05) is 18.8 Å². The summed E-state index contributed by atoms with van der Waals surface area (Å²) in [7, 11) is 0. The van der Waals surface area contributed by atoms with Gasteiger partial charge in [-0.2, -0.15) is 22.0 Å². The van der Waals surface area contributed by atoms with Crippen molar-refractivity contribution in [2.24, 2.45) is 0 Å². The molecule has 1 fully saturated rings. The van der Waals surface area contributed by atoms with Crippen LogP contribution in [-0.4, -0.2) is 29.0 Å². The summed E-state index contributed by atoms with van der Waals surface area (Å²) in [6.07, 6.45) is 3.61. The summed E-state index contributed by atoms with van der Waals surface area (Å²) in [4.78, 5) is 0. The van der Waals surface area contributed by atoms with E-state index in [2.05, 4.69) is 15.5 Å². The second-order valence-corrected chi connectivity index (χ2v) is 4.05. The molecule has 1 atom stereocenters. The number of nitrogens with zero attached hydrogens (tertiary/aromatic N) is 2. The molecule has 64 valence electrons. The fraction of sp³-hybridized carbons (Fsp3) is 0.500. The molecule has 0 aliphatic carbocycles. The molecule has 1 aromatic heterocycles. The molecule has 1 aromatic rings. The Kier molecular flexibility index (Phi) is 2.58. The SMILES string of the molecule is c1cc(C2CNCCS2)cnn1. The van der Waals surface area contributed by atoms with Gasteiger partial charge in [0.1, 0.15) is 0 Å². The van der Waals surface area contributed by atoms with Crippen LogP contribution in [0.5, 0.6) is 0 Å². The summed E-state index contributed by atoms with van der Waals surface area (Å²) in [5.74, 6) is 1.19. The zero-order valence-corrected chi connectivity index (χ0v) is 7.55. The van der Waals surface area contributed by atoms with E-state index in [1.807, 2.05) is 24.0 Å². The van der Waals surface area contributed by atoms with Crippen LogP contribution in [0.3, 0.4) is 0 Å². The normalized spacial score (nSPS) is 23.8. The molecule has 4 heteroatoms. The van der Waals surface area contributed by atoms with Gasteiger partial charge in [0.15, 0.2) is 0 Å². The van der Waals surface area contributed by atoms with Gasteiger partial charge in [0.05, 0.1) is 6.20 Å². The van der Waals surface area contributed by atoms with Gasteiger partial charge in [0.25, 0.3) is 0 Å². The fourth-order valence-corrected chi connectivity index (χ4v) is 2.39. The summed E-state index contributed by atoms with van der Waals surface area (Å²) in [5.41, 5.74) is 1.28. The van der Waals surface area contributed by atoms with Crippen LogP contribution < -0.4 is 5.32 Å². The van der Waals surface area contributed by atoms with Gasteiger partial charge in [-0.1, -0.05) is 0 Å². The van der Waals surface area contributed by atoms with E-state index in [0.29, 0.717) is 5.25 Å². The Balaban J connectivity index is 2.08. The first-order chi connectivity index (χ1) is 5.97. The third kappa shape index (κ3) is 1.76. The average molecular weight is 181 g/mol. The number of aromatic nitrogens is 2. The molecular weight excluding hydrogens is 170 g/mol. The molecule has 1 unspecified atom stereocenters. The zero-order valence-electron chi connectivity index (χ0n) is 6.73. The van der Waals surface area contributed by atoms with Crippen molar-refractivity contribution < 1.29 is 0 Å². The lowest BCUT2D eigenvalue weighted by Crippen LogP contribution is -2.28. The van der Waals surface area contributed by atoms with Crippen LogP contribution in [0.1, 0.15) is 10.8 Å². The lowest BCUT2D eigenvalue weighted by atomic mass is 10.2. The van der Waals surface area contributed by atoms with Crippen LogP contribution in [0.4, 0.5) is 0 Å². The molecule has 1 saturated heterocycles. The van der Waals surface area contributed by atoms with Crippen molar-refractivity contribution in [1.29, 1.82) is 0 Å². The molecule has 1 aliphatic rings. The van der Waals surface area contributed by atoms with Gasteiger partial charge in [0.2, 0.25) is 0 Å². The summed E-state index contributed by atoms with van der Waals surface area (Å²) in [6.45, 7) is 2.18. The predicted octanol–water partition coefficient (Wildman–Crippen LogP) is 0.854. The second-order valence-electron chi connectivity index (χ2n) is 2.74. The van der Waals surface area contributed by atoms with Gasteiger partial charge in [-0.15, -0.1) is 0 Å². The van der Waals surface area contributed by atoms with Gasteiger partial charge >= 0.3 is 0 Å². The number of hydrogen-bond donors (Lipinski definition) is 1. The minimum Gasteiger partial charge on any atom is -0.314 e. The fourth-order valence-electron chi connectivity index (χ4n) is 1.27. The van der Waals surface area contributed by atoms with Gasteiger partial charge in [0, 0.05) is 30.3 Å². The minimum absolute atomic E-state index is 0.564. The van der Waals surface area contributed by atoms with Crippen LogP contribution in [0.25, 0.3) is 0 Å². The predicted molar refractivity (Wildman–Crippen MR) is 50.1 cm³/mol. The maximum Gasteiger partial charge on any atom is 0.0539 e. The van der Waals surface area contributed by atoms with E-state index < -0.39 is 0 Å². The van der Waals surface area contributed by atoms with Crippen LogP contribution in [-0.2, 0) is 0 Å². The first kappa shape index (κ1) is 8.01. The first-order valence-electron chi connectivity index (χ1n) is 4.06. The molecule has 2 heterocycles. The van der Waals surface area contributed by atoms with Crippen molar-refractivity contribution in [1.82, 2.24) is 15.5 Å². The van der Waals surface area contributed by atoms with Gasteiger partial charge in [-0.3, -0.25) is 0 Å². The Morgan fingerprint density at radius 2 is 2.50 bits per heavy atom. The molecule has 0 radical (unpaired) electrons. The third-order valence-corrected chi connectivity index (χ3v) is 3.19. The van der Waals surface area contributed by atoms with Crippen molar-refractivity contribution in [3.8, 4) is 0 Å². The molecule has 0 bridgehead atoms. The molecular formula is C8H11N3S. The Bertz CT molecular complexity index is 233. The Hall–Kier alpha value is -0.610. The lowest BCUT2D eigenvalue weighted by molar-refractivity contribution is 0.686. The summed E-state index contributed by atoms with van der Waals surface area (Å²) < 4.78 is 0. The highest BCUT2D eigenvalue weighted by Crippen LogP contribution is 2.28. The second kappa shape index (κ2) is 3.87. The average Bonchev–Trinajstić information content (AvgIpc) is 2.21. The molecule has 12 heavy (non-hydrogen) atoms. The molecule has 1 aliphatic heterocycles. The van der Waals surface area contributed by atoms with Gasteiger partial charge < -0.3 is 5.32 Å². The zero-order chi connectivity index (χ0) is 8.23. The topological polar surface area (TPSA) is 37.8 Å². The van der Waals surface area contributed by atoms with Crippen molar-refractivity contribution in [3.05, 3.63) is 24.0 Å². The van der Waals surface area contributed by atoms with Crippen LogP contribution in [0.15, 0.2) is 18.5 Å². The van der Waals surface area contributed by atoms with E-state index in [1.54, 1.807) is 6.20 Å². The monoisotopic (exact) mass is 181 g/mol. The number of thioether (sulfide) groups is 1. The largest absolute Gasteiger partial charge is 0.314 e. The van der Waals surface area contributed by atoms with E-state index in [1.165, 1.54) is 11.3 Å². The highest BCUT2D eigenvalue weighted by atomic mass is 32.2. The van der Waals surface area contributed by atoms with Crippen LogP contribution in [0, 0.1) is 0 Å². The molecule has 0 aromatic carbocycles. The van der Waals surface area contributed by atoms with Gasteiger partial charge in [-0.25, -0.2) is 0 Å². The lowest BCUT2D eigenvalue weighted by Gasteiger charge is -2.21. The van der Waals surface area contributed by atoms with E-state index >= 15 is 0 Å². The van der Waals surface area contributed by atoms with Crippen molar-refractivity contribution in [3.63, 3.8) is 0 Å². The van der Waals surface area contributed by atoms with E-state index in [4.69, 9.17) is 0 Å². The molecule has 0 amide bonds. The summed E-state index contributed by atoms with van der Waals surface area (Å²) >= 11 is 1.99. The van der Waals surface area contributed by atoms with Crippen LogP contribution in [0.2, 0.25) is 0 Å². The quantitative estimate of drug-likeness (QED) is 0.697. The first-order valence-corrected chi connectivity index (χ1v) is 5.10. The maximum absolute atomic E-state index is 3.87. The summed E-state index contributed by atoms with van der Waals surface area (Å²) in [5, 5.41) is 11.6. The molecule has 1 N–H and O–H groups in total. The standard InChI is InChI=1S/C8H11N3S/c1-2-10-11-5-7(1)8-6-9-3-4-12-8/h1-2,5,8-9H,3-4,6H2. The van der Waals surface area contributed by atoms with E-state index in [0.717, 1.165) is 13.1 Å². The summed E-state index contributed by atoms with van der Waals surface area (Å²) in [6, 6.07) is 2.04. The molecule has 3 nitrogen and oxygen atoms in total. The Morgan fingerprint density at radius 1 is 1.50 bits per heavy atom. The van der Waals surface area contributed by atoms with E-state index in [-0.39, 0.29) is 0 Å².